The lowest BCUT2D eigenvalue weighted by Crippen LogP contribution is -2.16. The number of hydrogen-bond donors (Lipinski definition) is 1. The van der Waals surface area contributed by atoms with Crippen molar-refractivity contribution in [1.29, 1.82) is 0 Å². The van der Waals surface area contributed by atoms with Crippen LogP contribution in [-0.4, -0.2) is 5.78 Å². The summed E-state index contributed by atoms with van der Waals surface area (Å²) in [5.41, 5.74) is 2.23. The molecule has 1 unspecified atom stereocenters. The number of carbonyl (C=O) groups is 1. The molecule has 0 aliphatic rings. The molecule has 1 atom stereocenters. The first-order chi connectivity index (χ1) is 12.5. The van der Waals surface area contributed by atoms with Gasteiger partial charge in [-0.1, -0.05) is 35.3 Å². The van der Waals surface area contributed by atoms with Gasteiger partial charge in [-0.3, -0.25) is 4.79 Å². The molecule has 2 nitrogen and oxygen atoms in total. The SMILES string of the molecule is O=C(CC(Nc1ccc(Cl)cc1)c1ccc(F)cc1)c1ccc(Cl)cc1. The molecule has 132 valence electrons. The van der Waals surface area contributed by atoms with E-state index in [9.17, 15) is 9.18 Å². The minimum Gasteiger partial charge on any atom is -0.378 e. The number of benzene rings is 3. The third-order valence-corrected chi connectivity index (χ3v) is 4.52. The van der Waals surface area contributed by atoms with Gasteiger partial charge in [0.15, 0.2) is 5.78 Å². The molecule has 26 heavy (non-hydrogen) atoms. The van der Waals surface area contributed by atoms with Crippen molar-refractivity contribution in [3.8, 4) is 0 Å². The van der Waals surface area contributed by atoms with Crippen LogP contribution in [0.25, 0.3) is 0 Å². The number of rotatable bonds is 6. The molecule has 0 saturated heterocycles. The Morgan fingerprint density at radius 2 is 1.38 bits per heavy atom. The van der Waals surface area contributed by atoms with Gasteiger partial charge in [0.05, 0.1) is 6.04 Å². The maximum absolute atomic E-state index is 13.3. The average Bonchev–Trinajstić information content (AvgIpc) is 2.64. The van der Waals surface area contributed by atoms with E-state index in [2.05, 4.69) is 5.32 Å². The third kappa shape index (κ3) is 4.84. The minimum atomic E-state index is -0.317. The van der Waals surface area contributed by atoms with Gasteiger partial charge in [0.1, 0.15) is 5.82 Å². The summed E-state index contributed by atoms with van der Waals surface area (Å²) in [6.45, 7) is 0. The van der Waals surface area contributed by atoms with Gasteiger partial charge in [-0.05, 0) is 66.2 Å². The highest BCUT2D eigenvalue weighted by atomic mass is 35.5. The van der Waals surface area contributed by atoms with Crippen molar-refractivity contribution in [3.63, 3.8) is 0 Å². The molecule has 5 heteroatoms. The molecule has 0 aromatic heterocycles. The zero-order valence-electron chi connectivity index (χ0n) is 13.8. The molecule has 1 N–H and O–H groups in total. The van der Waals surface area contributed by atoms with Crippen molar-refractivity contribution in [1.82, 2.24) is 0 Å². The molecule has 0 heterocycles. The van der Waals surface area contributed by atoms with E-state index in [0.717, 1.165) is 11.3 Å². The Bertz CT molecular complexity index is 877. The lowest BCUT2D eigenvalue weighted by atomic mass is 9.97. The Morgan fingerprint density at radius 3 is 1.96 bits per heavy atom. The Labute approximate surface area is 161 Å². The van der Waals surface area contributed by atoms with E-state index >= 15 is 0 Å². The molecule has 0 aliphatic heterocycles. The van der Waals surface area contributed by atoms with Gasteiger partial charge in [-0.15, -0.1) is 0 Å². The fraction of sp³-hybridized carbons (Fsp3) is 0.0952. The lowest BCUT2D eigenvalue weighted by molar-refractivity contribution is 0.0976. The van der Waals surface area contributed by atoms with Crippen molar-refractivity contribution in [3.05, 3.63) is 99.8 Å². The summed E-state index contributed by atoms with van der Waals surface area (Å²) in [6, 6.07) is 19.8. The highest BCUT2D eigenvalue weighted by molar-refractivity contribution is 6.31. The van der Waals surface area contributed by atoms with Crippen LogP contribution in [0.5, 0.6) is 0 Å². The number of Topliss-reactive ketones (excluding diaryl/α,β-unsaturated/α-hetero) is 1. The van der Waals surface area contributed by atoms with E-state index in [1.807, 2.05) is 12.1 Å². The van der Waals surface area contributed by atoms with Gasteiger partial charge in [-0.25, -0.2) is 4.39 Å². The molecule has 0 aliphatic carbocycles. The molecule has 0 amide bonds. The van der Waals surface area contributed by atoms with Crippen LogP contribution >= 0.6 is 23.2 Å². The first kappa shape index (κ1) is 18.4. The Balaban J connectivity index is 1.84. The van der Waals surface area contributed by atoms with Crippen molar-refractivity contribution in [2.75, 3.05) is 5.32 Å². The smallest absolute Gasteiger partial charge is 0.165 e. The zero-order valence-corrected chi connectivity index (χ0v) is 15.3. The van der Waals surface area contributed by atoms with Crippen molar-refractivity contribution >= 4 is 34.7 Å². The van der Waals surface area contributed by atoms with Gasteiger partial charge >= 0.3 is 0 Å². The van der Waals surface area contributed by atoms with Crippen LogP contribution in [0.3, 0.4) is 0 Å². The summed E-state index contributed by atoms with van der Waals surface area (Å²) in [5, 5.41) is 4.54. The number of anilines is 1. The van der Waals surface area contributed by atoms with Crippen molar-refractivity contribution in [2.24, 2.45) is 0 Å². The van der Waals surface area contributed by atoms with Crippen LogP contribution in [0.15, 0.2) is 72.8 Å². The highest BCUT2D eigenvalue weighted by Crippen LogP contribution is 2.26. The van der Waals surface area contributed by atoms with Gasteiger partial charge in [0.25, 0.3) is 0 Å². The first-order valence-corrected chi connectivity index (χ1v) is 8.83. The van der Waals surface area contributed by atoms with E-state index in [1.54, 1.807) is 48.5 Å². The molecule has 3 rings (SSSR count). The largest absolute Gasteiger partial charge is 0.378 e. The van der Waals surface area contributed by atoms with Gasteiger partial charge in [0.2, 0.25) is 0 Å². The van der Waals surface area contributed by atoms with E-state index in [0.29, 0.717) is 15.6 Å². The highest BCUT2D eigenvalue weighted by Gasteiger charge is 2.17. The molecule has 0 bridgehead atoms. The van der Waals surface area contributed by atoms with Gasteiger partial charge < -0.3 is 5.32 Å². The molecule has 0 saturated carbocycles. The molecule has 0 radical (unpaired) electrons. The summed E-state index contributed by atoms with van der Waals surface area (Å²) in [4.78, 5) is 12.7. The van der Waals surface area contributed by atoms with E-state index < -0.39 is 0 Å². The number of ketones is 1. The predicted octanol–water partition coefficient (Wildman–Crippen LogP) is 6.56. The number of hydrogen-bond acceptors (Lipinski definition) is 2. The number of nitrogens with one attached hydrogen (secondary N) is 1. The van der Waals surface area contributed by atoms with E-state index in [4.69, 9.17) is 23.2 Å². The molecule has 3 aromatic rings. The van der Waals surface area contributed by atoms with E-state index in [1.165, 1.54) is 12.1 Å². The third-order valence-electron chi connectivity index (χ3n) is 4.01. The summed E-state index contributed by atoms with van der Waals surface area (Å²) in [5.74, 6) is -0.347. The topological polar surface area (TPSA) is 29.1 Å². The van der Waals surface area contributed by atoms with Gasteiger partial charge in [-0.2, -0.15) is 0 Å². The summed E-state index contributed by atoms with van der Waals surface area (Å²) in [7, 11) is 0. The second-order valence-electron chi connectivity index (χ2n) is 5.89. The van der Waals surface area contributed by atoms with Crippen LogP contribution in [-0.2, 0) is 0 Å². The second-order valence-corrected chi connectivity index (χ2v) is 6.76. The minimum absolute atomic E-state index is 0.0301. The maximum atomic E-state index is 13.3. The number of halogens is 3. The van der Waals surface area contributed by atoms with Crippen molar-refractivity contribution in [2.45, 2.75) is 12.5 Å². The first-order valence-electron chi connectivity index (χ1n) is 8.07. The fourth-order valence-electron chi connectivity index (χ4n) is 2.63. The van der Waals surface area contributed by atoms with Crippen LogP contribution in [0.2, 0.25) is 10.0 Å². The van der Waals surface area contributed by atoms with Crippen LogP contribution < -0.4 is 5.32 Å². The molecular weight excluding hydrogens is 372 g/mol. The lowest BCUT2D eigenvalue weighted by Gasteiger charge is -2.20. The Hall–Kier alpha value is -2.36. The van der Waals surface area contributed by atoms with E-state index in [-0.39, 0.29) is 24.1 Å². The normalized spacial score (nSPS) is 11.8. The van der Waals surface area contributed by atoms with Gasteiger partial charge in [0, 0.05) is 27.7 Å². The molecule has 0 fully saturated rings. The number of carbonyl (C=O) groups excluding carboxylic acids is 1. The zero-order chi connectivity index (χ0) is 18.5. The summed E-state index contributed by atoms with van der Waals surface area (Å²) >= 11 is 11.8. The molecule has 0 spiro atoms. The Kier molecular flexibility index (Phi) is 5.92. The molecule has 3 aromatic carbocycles. The quantitative estimate of drug-likeness (QED) is 0.485. The Morgan fingerprint density at radius 1 is 0.846 bits per heavy atom. The molecular formula is C21H16Cl2FNO. The summed E-state index contributed by atoms with van der Waals surface area (Å²) < 4.78 is 13.3. The standard InChI is InChI=1S/C21H16Cl2FNO/c22-16-5-1-15(2-6-16)21(26)13-20(14-3-9-18(24)10-4-14)25-19-11-7-17(23)8-12-19/h1-12,20,25H,13H2. The monoisotopic (exact) mass is 387 g/mol. The maximum Gasteiger partial charge on any atom is 0.165 e. The van der Waals surface area contributed by atoms with Crippen LogP contribution in [0.4, 0.5) is 10.1 Å². The average molecular weight is 388 g/mol. The van der Waals surface area contributed by atoms with Crippen molar-refractivity contribution < 1.29 is 9.18 Å². The second kappa shape index (κ2) is 8.35. The van der Waals surface area contributed by atoms with Crippen LogP contribution in [0, 0.1) is 5.82 Å². The summed E-state index contributed by atoms with van der Waals surface area (Å²) in [6.07, 6.45) is 0.218. The predicted molar refractivity (Wildman–Crippen MR) is 105 cm³/mol. The van der Waals surface area contributed by atoms with Crippen LogP contribution in [0.1, 0.15) is 28.4 Å². The fourth-order valence-corrected chi connectivity index (χ4v) is 2.89.